The maximum absolute atomic E-state index is 11.3. The van der Waals surface area contributed by atoms with Crippen LogP contribution in [0.3, 0.4) is 0 Å². The monoisotopic (exact) mass is 286 g/mol. The molecule has 1 atom stereocenters. The molecule has 1 N–H and O–H groups in total. The summed E-state index contributed by atoms with van der Waals surface area (Å²) in [5.74, 6) is -1.01. The van der Waals surface area contributed by atoms with Crippen LogP contribution in [0.15, 0.2) is 24.3 Å². The van der Waals surface area contributed by atoms with Gasteiger partial charge in [-0.2, -0.15) is 5.10 Å². The molecular formula is C16H18N2O3. The molecule has 2 heterocycles. The largest absolute Gasteiger partial charge is 0.476 e. The Hall–Kier alpha value is -2.14. The maximum Gasteiger partial charge on any atom is 0.356 e. The molecule has 0 bridgehead atoms. The van der Waals surface area contributed by atoms with Crippen LogP contribution in [0.1, 0.15) is 46.3 Å². The van der Waals surface area contributed by atoms with Crippen LogP contribution in [0.5, 0.6) is 0 Å². The summed E-state index contributed by atoms with van der Waals surface area (Å²) in [4.78, 5) is 11.3. The second kappa shape index (κ2) is 5.33. The molecule has 110 valence electrons. The topological polar surface area (TPSA) is 64.4 Å². The number of ether oxygens (including phenoxy) is 1. The first-order valence-electron chi connectivity index (χ1n) is 7.09. The van der Waals surface area contributed by atoms with Gasteiger partial charge in [0.15, 0.2) is 5.69 Å². The zero-order valence-corrected chi connectivity index (χ0v) is 12.2. The average Bonchev–Trinajstić information content (AvgIpc) is 3.07. The predicted octanol–water partition coefficient (Wildman–Crippen LogP) is 3.04. The van der Waals surface area contributed by atoms with Gasteiger partial charge in [-0.05, 0) is 43.9 Å². The van der Waals surface area contributed by atoms with Crippen molar-refractivity contribution in [2.45, 2.75) is 32.8 Å². The van der Waals surface area contributed by atoms with E-state index in [-0.39, 0.29) is 11.8 Å². The molecule has 0 aliphatic carbocycles. The van der Waals surface area contributed by atoms with E-state index in [0.717, 1.165) is 35.3 Å². The van der Waals surface area contributed by atoms with Gasteiger partial charge in [0.05, 0.1) is 17.5 Å². The number of para-hydroxylation sites is 1. The first kappa shape index (κ1) is 13.8. The Bertz CT molecular complexity index is 665. The van der Waals surface area contributed by atoms with Crippen molar-refractivity contribution in [3.05, 3.63) is 46.8 Å². The smallest absolute Gasteiger partial charge is 0.356 e. The maximum atomic E-state index is 11.3. The van der Waals surface area contributed by atoms with Crippen LogP contribution in [0.2, 0.25) is 0 Å². The molecule has 1 fully saturated rings. The van der Waals surface area contributed by atoms with Crippen LogP contribution in [-0.4, -0.2) is 27.5 Å². The van der Waals surface area contributed by atoms with E-state index in [4.69, 9.17) is 4.74 Å². The number of carbonyl (C=O) groups is 1. The number of aromatic carboxylic acids is 1. The molecule has 0 radical (unpaired) electrons. The van der Waals surface area contributed by atoms with E-state index in [1.54, 1.807) is 10.7 Å². The number of benzene rings is 1. The van der Waals surface area contributed by atoms with Crippen LogP contribution in [0.4, 0.5) is 0 Å². The Kier molecular flexibility index (Phi) is 3.51. The Balaban J connectivity index is 2.18. The highest BCUT2D eigenvalue weighted by atomic mass is 16.5. The lowest BCUT2D eigenvalue weighted by Gasteiger charge is -2.16. The van der Waals surface area contributed by atoms with Gasteiger partial charge >= 0.3 is 5.97 Å². The first-order valence-corrected chi connectivity index (χ1v) is 7.09. The van der Waals surface area contributed by atoms with E-state index in [0.29, 0.717) is 6.61 Å². The lowest BCUT2D eigenvalue weighted by molar-refractivity contribution is 0.0690. The van der Waals surface area contributed by atoms with Crippen molar-refractivity contribution in [3.8, 4) is 5.69 Å². The number of aromatic nitrogens is 2. The van der Waals surface area contributed by atoms with E-state index < -0.39 is 5.97 Å². The molecule has 1 aliphatic heterocycles. The standard InChI is InChI=1S/C16H18N2O3/c1-10-5-3-6-11(2)15(10)18-13(14-7-4-8-21-14)9-12(17-18)16(19)20/h3,5-6,9,14H,4,7-8H2,1-2H3,(H,19,20). The SMILES string of the molecule is Cc1cccc(C)c1-n1nc(C(=O)O)cc1C1CCCO1. The summed E-state index contributed by atoms with van der Waals surface area (Å²) in [7, 11) is 0. The number of carboxylic acid groups (broad SMARTS) is 1. The summed E-state index contributed by atoms with van der Waals surface area (Å²) in [5, 5.41) is 13.5. The number of carboxylic acids is 1. The third-order valence-electron chi connectivity index (χ3n) is 3.87. The summed E-state index contributed by atoms with van der Waals surface area (Å²) < 4.78 is 7.46. The minimum atomic E-state index is -1.01. The molecule has 0 amide bonds. The van der Waals surface area contributed by atoms with Gasteiger partial charge in [-0.1, -0.05) is 18.2 Å². The van der Waals surface area contributed by atoms with E-state index >= 15 is 0 Å². The van der Waals surface area contributed by atoms with Gasteiger partial charge in [-0.3, -0.25) is 0 Å². The van der Waals surface area contributed by atoms with E-state index in [9.17, 15) is 9.90 Å². The fraction of sp³-hybridized carbons (Fsp3) is 0.375. The fourth-order valence-electron chi connectivity index (χ4n) is 2.86. The lowest BCUT2D eigenvalue weighted by Crippen LogP contribution is -2.10. The van der Waals surface area contributed by atoms with Crippen molar-refractivity contribution in [3.63, 3.8) is 0 Å². The molecule has 0 spiro atoms. The lowest BCUT2D eigenvalue weighted by atomic mass is 10.1. The minimum absolute atomic E-state index is 0.0585. The van der Waals surface area contributed by atoms with E-state index in [2.05, 4.69) is 5.10 Å². The summed E-state index contributed by atoms with van der Waals surface area (Å²) in [6.45, 7) is 4.72. The molecule has 5 heteroatoms. The van der Waals surface area contributed by atoms with Crippen molar-refractivity contribution >= 4 is 5.97 Å². The highest BCUT2D eigenvalue weighted by Gasteiger charge is 2.26. The number of rotatable bonds is 3. The van der Waals surface area contributed by atoms with Gasteiger partial charge in [0.25, 0.3) is 0 Å². The van der Waals surface area contributed by atoms with Gasteiger partial charge in [0.1, 0.15) is 0 Å². The van der Waals surface area contributed by atoms with Gasteiger partial charge in [0, 0.05) is 6.61 Å². The van der Waals surface area contributed by atoms with Crippen LogP contribution in [0, 0.1) is 13.8 Å². The van der Waals surface area contributed by atoms with E-state index in [1.807, 2.05) is 32.0 Å². The summed E-state index contributed by atoms with van der Waals surface area (Å²) >= 11 is 0. The van der Waals surface area contributed by atoms with Crippen molar-refractivity contribution in [2.75, 3.05) is 6.61 Å². The molecule has 1 saturated heterocycles. The zero-order chi connectivity index (χ0) is 15.0. The van der Waals surface area contributed by atoms with Crippen molar-refractivity contribution < 1.29 is 14.6 Å². The third kappa shape index (κ3) is 2.45. The first-order chi connectivity index (χ1) is 10.1. The molecule has 1 aliphatic rings. The molecular weight excluding hydrogens is 268 g/mol. The van der Waals surface area contributed by atoms with Crippen LogP contribution >= 0.6 is 0 Å². The second-order valence-electron chi connectivity index (χ2n) is 5.41. The molecule has 21 heavy (non-hydrogen) atoms. The Morgan fingerprint density at radius 1 is 1.38 bits per heavy atom. The predicted molar refractivity (Wildman–Crippen MR) is 77.9 cm³/mol. The van der Waals surface area contributed by atoms with Gasteiger partial charge in [0.2, 0.25) is 0 Å². The molecule has 3 rings (SSSR count). The van der Waals surface area contributed by atoms with Crippen molar-refractivity contribution in [2.24, 2.45) is 0 Å². The van der Waals surface area contributed by atoms with Crippen LogP contribution < -0.4 is 0 Å². The van der Waals surface area contributed by atoms with Crippen molar-refractivity contribution in [1.82, 2.24) is 9.78 Å². The van der Waals surface area contributed by atoms with Crippen LogP contribution in [0.25, 0.3) is 5.69 Å². The van der Waals surface area contributed by atoms with Crippen LogP contribution in [-0.2, 0) is 4.74 Å². The van der Waals surface area contributed by atoms with E-state index in [1.165, 1.54) is 0 Å². The second-order valence-corrected chi connectivity index (χ2v) is 5.41. The normalized spacial score (nSPS) is 18.1. The Morgan fingerprint density at radius 2 is 2.10 bits per heavy atom. The number of hydrogen-bond acceptors (Lipinski definition) is 3. The number of nitrogens with zero attached hydrogens (tertiary/aromatic N) is 2. The Labute approximate surface area is 123 Å². The Morgan fingerprint density at radius 3 is 2.67 bits per heavy atom. The molecule has 1 aromatic heterocycles. The minimum Gasteiger partial charge on any atom is -0.476 e. The zero-order valence-electron chi connectivity index (χ0n) is 12.2. The molecule has 5 nitrogen and oxygen atoms in total. The molecule has 0 saturated carbocycles. The van der Waals surface area contributed by atoms with Gasteiger partial charge in [-0.25, -0.2) is 9.48 Å². The summed E-state index contributed by atoms with van der Waals surface area (Å²) in [6, 6.07) is 7.62. The molecule has 2 aromatic rings. The highest BCUT2D eigenvalue weighted by Crippen LogP contribution is 2.32. The highest BCUT2D eigenvalue weighted by molar-refractivity contribution is 5.85. The fourth-order valence-corrected chi connectivity index (χ4v) is 2.86. The average molecular weight is 286 g/mol. The molecule has 1 unspecified atom stereocenters. The molecule has 1 aromatic carbocycles. The summed E-state index contributed by atoms with van der Waals surface area (Å²) in [6.07, 6.45) is 1.81. The van der Waals surface area contributed by atoms with Gasteiger partial charge in [-0.15, -0.1) is 0 Å². The quantitative estimate of drug-likeness (QED) is 0.942. The number of aryl methyl sites for hydroxylation is 2. The number of hydrogen-bond donors (Lipinski definition) is 1. The summed E-state index contributed by atoms with van der Waals surface area (Å²) in [5.41, 5.74) is 3.95. The van der Waals surface area contributed by atoms with Gasteiger partial charge < -0.3 is 9.84 Å². The third-order valence-corrected chi connectivity index (χ3v) is 3.87. The van der Waals surface area contributed by atoms with Crippen molar-refractivity contribution in [1.29, 1.82) is 0 Å².